The highest BCUT2D eigenvalue weighted by Crippen LogP contribution is 2.34. The highest BCUT2D eigenvalue weighted by Gasteiger charge is 2.27. The number of halogens is 1. The number of ether oxygens (including phenoxy) is 3. The van der Waals surface area contributed by atoms with Crippen LogP contribution in [0.2, 0.25) is 0 Å². The fourth-order valence-electron chi connectivity index (χ4n) is 3.62. The number of amides is 1. The Morgan fingerprint density at radius 1 is 1.09 bits per heavy atom. The molecule has 1 atom stereocenters. The predicted molar refractivity (Wildman–Crippen MR) is 143 cm³/mol. The first kappa shape index (κ1) is 22.9. The summed E-state index contributed by atoms with van der Waals surface area (Å²) in [6, 6.07) is 20.0. The maximum atomic E-state index is 12.5. The van der Waals surface area contributed by atoms with E-state index in [-0.39, 0.29) is 18.2 Å². The molecule has 0 unspecified atom stereocenters. The smallest absolute Gasteiger partial charge is 0.260 e. The van der Waals surface area contributed by atoms with Gasteiger partial charge in [0, 0.05) is 5.69 Å². The van der Waals surface area contributed by atoms with Gasteiger partial charge in [0.25, 0.3) is 5.91 Å². The van der Waals surface area contributed by atoms with Crippen LogP contribution in [-0.2, 0) is 17.8 Å². The normalized spacial score (nSPS) is 17.6. The molecule has 0 aromatic heterocycles. The summed E-state index contributed by atoms with van der Waals surface area (Å²) in [5, 5.41) is 6.34. The fraction of sp³-hybridized carbons (Fsp3) is 0.192. The number of anilines is 1. The van der Waals surface area contributed by atoms with Crippen LogP contribution in [0, 0.1) is 3.57 Å². The molecule has 1 saturated heterocycles. The first-order valence-electron chi connectivity index (χ1n) is 10.9. The number of carbonyl (C=O) groups excluding carboxylic acids is 1. The van der Waals surface area contributed by atoms with E-state index in [9.17, 15) is 4.79 Å². The Kier molecular flexibility index (Phi) is 6.87. The molecule has 1 fully saturated rings. The molecule has 3 aromatic carbocycles. The van der Waals surface area contributed by atoms with Crippen molar-refractivity contribution in [2.75, 3.05) is 12.1 Å². The molecule has 2 aliphatic heterocycles. The molecule has 0 saturated carbocycles. The quantitative estimate of drug-likeness (QED) is 0.271. The highest BCUT2D eigenvalue weighted by atomic mass is 127. The third kappa shape index (κ3) is 5.28. The summed E-state index contributed by atoms with van der Waals surface area (Å²) in [7, 11) is 0. The molecule has 0 aliphatic carbocycles. The molecule has 3 aromatic rings. The number of aryl methyl sites for hydroxylation is 1. The van der Waals surface area contributed by atoms with Gasteiger partial charge in [0.1, 0.15) is 12.4 Å². The molecule has 0 bridgehead atoms. The van der Waals surface area contributed by atoms with Crippen molar-refractivity contribution in [1.82, 2.24) is 5.32 Å². The second-order valence-electron chi connectivity index (χ2n) is 7.84. The Morgan fingerprint density at radius 3 is 2.68 bits per heavy atom. The summed E-state index contributed by atoms with van der Waals surface area (Å²) in [5.41, 5.74) is 4.02. The van der Waals surface area contributed by atoms with E-state index in [0.717, 1.165) is 44.1 Å². The van der Waals surface area contributed by atoms with E-state index in [1.54, 1.807) is 0 Å². The van der Waals surface area contributed by atoms with Gasteiger partial charge in [0.2, 0.25) is 6.79 Å². The summed E-state index contributed by atoms with van der Waals surface area (Å²) in [4.78, 5) is 13.2. The molecule has 6 nitrogen and oxygen atoms in total. The second kappa shape index (κ2) is 10.2. The number of nitrogens with one attached hydrogen (secondary N) is 2. The van der Waals surface area contributed by atoms with E-state index in [1.807, 2.05) is 54.6 Å². The number of thioether (sulfide) groups is 1. The number of hydrogen-bond donors (Lipinski definition) is 2. The average Bonchev–Trinajstić information content (AvgIpc) is 3.44. The van der Waals surface area contributed by atoms with Crippen LogP contribution < -0.4 is 24.8 Å². The molecule has 0 radical (unpaired) electrons. The topological polar surface area (TPSA) is 68.8 Å². The van der Waals surface area contributed by atoms with E-state index in [2.05, 4.69) is 52.3 Å². The molecular formula is C26H23IN2O4S. The predicted octanol–water partition coefficient (Wildman–Crippen LogP) is 5.76. The minimum atomic E-state index is -0.199. The van der Waals surface area contributed by atoms with Gasteiger partial charge in [-0.3, -0.25) is 4.79 Å². The Hall–Kier alpha value is -2.85. The Morgan fingerprint density at radius 2 is 1.88 bits per heavy atom. The molecule has 34 heavy (non-hydrogen) atoms. The molecular weight excluding hydrogens is 563 g/mol. The van der Waals surface area contributed by atoms with Crippen molar-refractivity contribution in [1.29, 1.82) is 0 Å². The number of hydrogen-bond acceptors (Lipinski definition) is 6. The van der Waals surface area contributed by atoms with Crippen LogP contribution in [0.4, 0.5) is 5.69 Å². The molecule has 2 heterocycles. The lowest BCUT2D eigenvalue weighted by molar-refractivity contribution is -0.116. The lowest BCUT2D eigenvalue weighted by Crippen LogP contribution is -2.30. The first-order chi connectivity index (χ1) is 16.6. The molecule has 2 N–H and O–H groups in total. The van der Waals surface area contributed by atoms with Gasteiger partial charge in [-0.25, -0.2) is 0 Å². The third-order valence-electron chi connectivity index (χ3n) is 5.48. The summed E-state index contributed by atoms with van der Waals surface area (Å²) in [5.74, 6) is 2.22. The lowest BCUT2D eigenvalue weighted by atomic mass is 10.1. The second-order valence-corrected chi connectivity index (χ2v) is 10.2. The van der Waals surface area contributed by atoms with Crippen LogP contribution >= 0.6 is 34.4 Å². The van der Waals surface area contributed by atoms with Crippen molar-refractivity contribution in [2.24, 2.45) is 0 Å². The van der Waals surface area contributed by atoms with Crippen LogP contribution in [0.15, 0.2) is 65.6 Å². The zero-order valence-electron chi connectivity index (χ0n) is 18.5. The van der Waals surface area contributed by atoms with Crippen LogP contribution in [0.25, 0.3) is 6.08 Å². The fourth-order valence-corrected chi connectivity index (χ4v) is 5.30. The van der Waals surface area contributed by atoms with Crippen LogP contribution in [0.5, 0.6) is 17.2 Å². The van der Waals surface area contributed by atoms with Gasteiger partial charge in [0.15, 0.2) is 17.0 Å². The molecule has 8 heteroatoms. The van der Waals surface area contributed by atoms with Gasteiger partial charge in [-0.05, 0) is 88.2 Å². The minimum Gasteiger partial charge on any atom is -0.488 e. The molecule has 0 spiro atoms. The highest BCUT2D eigenvalue weighted by molar-refractivity contribution is 14.1. The van der Waals surface area contributed by atoms with E-state index >= 15 is 0 Å². The van der Waals surface area contributed by atoms with Gasteiger partial charge >= 0.3 is 0 Å². The van der Waals surface area contributed by atoms with Crippen molar-refractivity contribution in [2.45, 2.75) is 25.4 Å². The van der Waals surface area contributed by atoms with Crippen LogP contribution in [-0.4, -0.2) is 18.2 Å². The van der Waals surface area contributed by atoms with Crippen molar-refractivity contribution in [3.63, 3.8) is 0 Å². The van der Waals surface area contributed by atoms with Gasteiger partial charge in [-0.2, -0.15) is 0 Å². The zero-order chi connectivity index (χ0) is 23.5. The first-order valence-corrected chi connectivity index (χ1v) is 12.9. The zero-order valence-corrected chi connectivity index (χ0v) is 21.4. The van der Waals surface area contributed by atoms with Crippen molar-refractivity contribution in [3.05, 3.63) is 85.8 Å². The van der Waals surface area contributed by atoms with Gasteiger partial charge in [-0.15, -0.1) is 0 Å². The standard InChI is InChI=1S/C26H23IN2O4S/c1-2-16-3-7-19(8-4-16)28-26-29-25(30)24(34-26)13-17-5-9-21(20(27)11-17)31-14-18-6-10-22-23(12-18)33-15-32-22/h3-13,26,28H,2,14-15H2,1H3,(H,29,30)/b24-13-/t26-/m1/s1. The number of carbonyl (C=O) groups is 1. The van der Waals surface area contributed by atoms with Crippen LogP contribution in [0.3, 0.4) is 0 Å². The average molecular weight is 586 g/mol. The maximum absolute atomic E-state index is 12.5. The third-order valence-corrected chi connectivity index (χ3v) is 7.35. The summed E-state index contributed by atoms with van der Waals surface area (Å²) < 4.78 is 17.8. The Labute approximate surface area is 216 Å². The van der Waals surface area contributed by atoms with Crippen molar-refractivity contribution >= 4 is 52.0 Å². The van der Waals surface area contributed by atoms with E-state index in [0.29, 0.717) is 11.5 Å². The van der Waals surface area contributed by atoms with Crippen molar-refractivity contribution < 1.29 is 19.0 Å². The summed E-state index contributed by atoms with van der Waals surface area (Å²) in [6.45, 7) is 2.82. The number of benzene rings is 3. The monoisotopic (exact) mass is 586 g/mol. The van der Waals surface area contributed by atoms with Gasteiger partial charge < -0.3 is 24.8 Å². The van der Waals surface area contributed by atoms with Gasteiger partial charge in [-0.1, -0.05) is 43.0 Å². The summed E-state index contributed by atoms with van der Waals surface area (Å²) in [6.07, 6.45) is 2.91. The molecule has 1 amide bonds. The largest absolute Gasteiger partial charge is 0.488 e. The van der Waals surface area contributed by atoms with Gasteiger partial charge in [0.05, 0.1) is 8.48 Å². The summed E-state index contributed by atoms with van der Waals surface area (Å²) >= 11 is 3.74. The van der Waals surface area contributed by atoms with E-state index < -0.39 is 0 Å². The lowest BCUT2D eigenvalue weighted by Gasteiger charge is -2.12. The van der Waals surface area contributed by atoms with Crippen LogP contribution in [0.1, 0.15) is 23.6 Å². The molecule has 174 valence electrons. The van der Waals surface area contributed by atoms with Crippen molar-refractivity contribution in [3.8, 4) is 17.2 Å². The Bertz CT molecular complexity index is 1250. The number of rotatable bonds is 7. The SMILES string of the molecule is CCc1ccc(N[C@@H]2NC(=O)/C(=C/c3ccc(OCc4ccc5c(c4)OCO5)c(I)c3)S2)cc1. The van der Waals surface area contributed by atoms with E-state index in [1.165, 1.54) is 17.3 Å². The number of fused-ring (bicyclic) bond motifs is 1. The Balaban J connectivity index is 1.21. The minimum absolute atomic E-state index is 0.0779. The van der Waals surface area contributed by atoms with E-state index in [4.69, 9.17) is 14.2 Å². The maximum Gasteiger partial charge on any atom is 0.260 e. The molecule has 5 rings (SSSR count). The molecule has 2 aliphatic rings.